The van der Waals surface area contributed by atoms with Crippen LogP contribution in [0, 0.1) is 0 Å². The smallest absolute Gasteiger partial charge is 0.394 e. The molecule has 0 radical (unpaired) electrons. The lowest BCUT2D eigenvalue weighted by atomic mass is 10.1. The van der Waals surface area contributed by atoms with Gasteiger partial charge in [-0.2, -0.15) is 0 Å². The Morgan fingerprint density at radius 3 is 0.899 bits per heavy atom. The molecular formula is C40H50N20O25P4. The summed E-state index contributed by atoms with van der Waals surface area (Å²) in [7, 11) is -22.3. The molecule has 8 aromatic rings. The number of hydrogen-bond donors (Lipinski definition) is 14. The van der Waals surface area contributed by atoms with Gasteiger partial charge in [-0.3, -0.25) is 49.9 Å². The van der Waals surface area contributed by atoms with E-state index in [1.54, 1.807) is 0 Å². The molecule has 45 nitrogen and oxygen atoms in total. The molecule has 89 heavy (non-hydrogen) atoms. The van der Waals surface area contributed by atoms with Gasteiger partial charge in [0.15, 0.2) is 70.8 Å². The van der Waals surface area contributed by atoms with Crippen molar-refractivity contribution in [2.45, 2.75) is 98.2 Å². The summed E-state index contributed by atoms with van der Waals surface area (Å²) in [5.41, 5.74) is 23.8. The van der Waals surface area contributed by atoms with Gasteiger partial charge in [0.25, 0.3) is 0 Å². The fraction of sp³-hybridized carbons (Fsp3) is 0.500. The van der Waals surface area contributed by atoms with Crippen molar-refractivity contribution >= 4 is 99.2 Å². The largest absolute Gasteiger partial charge is 0.472 e. The number of imidazole rings is 4. The number of aliphatic hydroxyl groups excluding tert-OH is 5. The van der Waals surface area contributed by atoms with Crippen molar-refractivity contribution in [3.8, 4) is 0 Å². The molecule has 0 saturated carbocycles. The number of aromatic nitrogens is 16. The normalized spacial score (nSPS) is 31.3. The molecule has 0 aromatic carbocycles. The first-order chi connectivity index (χ1) is 42.2. The van der Waals surface area contributed by atoms with Crippen LogP contribution in [0.2, 0.25) is 0 Å². The Kier molecular flexibility index (Phi) is 16.9. The average Bonchev–Trinajstić information content (AvgIpc) is 1.70. The summed E-state index contributed by atoms with van der Waals surface area (Å²) in [6.45, 7) is -4.42. The van der Waals surface area contributed by atoms with Gasteiger partial charge >= 0.3 is 31.3 Å². The van der Waals surface area contributed by atoms with Gasteiger partial charge in [-0.15, -0.1) is 0 Å². The summed E-state index contributed by atoms with van der Waals surface area (Å²) in [6, 6.07) is 0. The van der Waals surface area contributed by atoms with E-state index in [-0.39, 0.29) is 67.9 Å². The quantitative estimate of drug-likeness (QED) is 0.0285. The zero-order valence-corrected chi connectivity index (χ0v) is 48.1. The Morgan fingerprint density at radius 2 is 0.640 bits per heavy atom. The molecule has 19 atom stereocenters. The minimum Gasteiger partial charge on any atom is -0.394 e. The Morgan fingerprint density at radius 1 is 0.393 bits per heavy atom. The number of hydrogen-bond acceptors (Lipinski definition) is 36. The first-order valence-electron chi connectivity index (χ1n) is 25.6. The lowest BCUT2D eigenvalue weighted by Gasteiger charge is -2.26. The Labute approximate surface area is 493 Å². The third-order valence-electron chi connectivity index (χ3n) is 14.3. The third-order valence-corrected chi connectivity index (χ3v) is 17.8. The second-order valence-corrected chi connectivity index (χ2v) is 25.2. The second kappa shape index (κ2) is 23.9. The molecule has 12 heterocycles. The first-order valence-corrected chi connectivity index (χ1v) is 31.6. The molecule has 4 fully saturated rings. The van der Waals surface area contributed by atoms with Gasteiger partial charge < -0.3 is 91.9 Å². The van der Waals surface area contributed by atoms with Gasteiger partial charge in [0.05, 0.1) is 51.7 Å². The van der Waals surface area contributed by atoms with Gasteiger partial charge in [-0.05, 0) is 0 Å². The number of aliphatic hydroxyl groups is 5. The van der Waals surface area contributed by atoms with Gasteiger partial charge in [0, 0.05) is 0 Å². The molecule has 3 unspecified atom stereocenters. The van der Waals surface area contributed by atoms with Crippen LogP contribution >= 0.6 is 31.3 Å². The van der Waals surface area contributed by atoms with Crippen molar-refractivity contribution in [2.24, 2.45) is 0 Å². The topological polar surface area (TPSA) is 651 Å². The highest BCUT2D eigenvalue weighted by molar-refractivity contribution is 7.48. The highest BCUT2D eigenvalue weighted by Gasteiger charge is 2.56. The van der Waals surface area contributed by atoms with Crippen LogP contribution in [-0.4, -0.2) is 228 Å². The summed E-state index contributed by atoms with van der Waals surface area (Å²) in [4.78, 5) is 102. The maximum Gasteiger partial charge on any atom is 0.472 e. The fourth-order valence-electron chi connectivity index (χ4n) is 10.3. The predicted molar refractivity (Wildman–Crippen MR) is 285 cm³/mol. The standard InChI is InChI=1S/C40H50N20O25P4/c41-29-17-33(49-5-45-29)57(9-53-17)37-21(62)25(13(1-61)78-37)83-87(69,70)76-3-15-27(23(64)39(80-15)59-11-55-19-31(43)47-7-51-35(19)59)85-89(73,74)77-4-16-28(24(65)40(81-16)60-12-56-20-32(44)48-8-52-36(20)60)84-88(71,72)75-2-14-26(82-86(66,67)68)22(63)38(79-14)58-10-54-18-30(42)46-6-50-34(18)58/h5-16,21-28,37-40,61-65H,1-4H2,(H,69,70)(H,71,72)(H,73,74)(H2,41,45,49)(H2,42,46,50)(H2,43,47,51)(H2,44,48,52)(H2,66,67,68)/t13-,14-,15-,16-,21-,22-,23-,24-,25-,26-,27-,28-,37-,38-,39-,40-/m1/s1. The van der Waals surface area contributed by atoms with Gasteiger partial charge in [-0.25, -0.2) is 78.1 Å². The number of rotatable bonds is 22. The van der Waals surface area contributed by atoms with E-state index in [2.05, 4.69) is 59.8 Å². The Hall–Kier alpha value is -6.52. The third kappa shape index (κ3) is 12.2. The maximum atomic E-state index is 14.2. The van der Waals surface area contributed by atoms with E-state index in [1.807, 2.05) is 0 Å². The second-order valence-electron chi connectivity index (χ2n) is 19.8. The van der Waals surface area contributed by atoms with Gasteiger partial charge in [0.2, 0.25) is 0 Å². The van der Waals surface area contributed by atoms with Crippen molar-refractivity contribution in [3.05, 3.63) is 50.6 Å². The molecule has 8 aromatic heterocycles. The molecule has 18 N–H and O–H groups in total. The van der Waals surface area contributed by atoms with Crippen LogP contribution in [0.3, 0.4) is 0 Å². The molecule has 4 saturated heterocycles. The summed E-state index contributed by atoms with van der Waals surface area (Å²) < 4.78 is 119. The van der Waals surface area contributed by atoms with Crippen LogP contribution in [0.1, 0.15) is 24.9 Å². The van der Waals surface area contributed by atoms with Gasteiger partial charge in [0.1, 0.15) is 121 Å². The molecule has 0 amide bonds. The van der Waals surface area contributed by atoms with E-state index in [1.165, 1.54) is 10.9 Å². The van der Waals surface area contributed by atoms with E-state index in [0.29, 0.717) is 0 Å². The van der Waals surface area contributed by atoms with E-state index in [9.17, 15) is 68.3 Å². The lowest BCUT2D eigenvalue weighted by molar-refractivity contribution is -0.0633. The van der Waals surface area contributed by atoms with Crippen LogP contribution in [0.15, 0.2) is 50.6 Å². The lowest BCUT2D eigenvalue weighted by Crippen LogP contribution is -2.38. The molecule has 480 valence electrons. The summed E-state index contributed by atoms with van der Waals surface area (Å²) >= 11 is 0. The maximum absolute atomic E-state index is 14.2. The fourth-order valence-corrected chi connectivity index (χ4v) is 13.8. The van der Waals surface area contributed by atoms with E-state index < -0.39 is 156 Å². The number of phosphoric ester groups is 4. The summed E-state index contributed by atoms with van der Waals surface area (Å²) in [6.07, 6.45) is -21.0. The number of nitrogen functional groups attached to an aromatic ring is 4. The van der Waals surface area contributed by atoms with E-state index in [4.69, 9.17) is 73.5 Å². The molecule has 12 rings (SSSR count). The predicted octanol–water partition coefficient (Wildman–Crippen LogP) is -4.32. The average molecular weight is 1330 g/mol. The van der Waals surface area contributed by atoms with Crippen LogP contribution < -0.4 is 22.9 Å². The van der Waals surface area contributed by atoms with E-state index >= 15 is 0 Å². The van der Waals surface area contributed by atoms with Crippen LogP contribution in [0.25, 0.3) is 44.7 Å². The highest BCUT2D eigenvalue weighted by Crippen LogP contribution is 2.55. The van der Waals surface area contributed by atoms with Crippen molar-refractivity contribution in [1.82, 2.24) is 78.1 Å². The molecule has 49 heteroatoms. The summed E-state index contributed by atoms with van der Waals surface area (Å²) in [5, 5.41) is 56.6. The number of fused-ring (bicyclic) bond motifs is 4. The molecule has 4 aliphatic rings. The minimum absolute atomic E-state index is 0.00361. The van der Waals surface area contributed by atoms with Crippen LogP contribution in [0.4, 0.5) is 23.3 Å². The number of phosphoric acid groups is 4. The monoisotopic (exact) mass is 1330 g/mol. The number of ether oxygens (including phenoxy) is 4. The molecule has 0 bridgehead atoms. The molecule has 0 aliphatic carbocycles. The Bertz CT molecular complexity index is 4150. The van der Waals surface area contributed by atoms with Gasteiger partial charge in [-0.1, -0.05) is 0 Å². The van der Waals surface area contributed by atoms with Crippen molar-refractivity contribution in [2.75, 3.05) is 49.4 Å². The number of nitrogens with zero attached hydrogens (tertiary/aromatic N) is 16. The van der Waals surface area contributed by atoms with Crippen molar-refractivity contribution in [3.63, 3.8) is 0 Å². The molecular weight excluding hydrogens is 1280 g/mol. The zero-order chi connectivity index (χ0) is 63.2. The van der Waals surface area contributed by atoms with Crippen LogP contribution in [0.5, 0.6) is 0 Å². The SMILES string of the molecule is Nc1ncnc2c1ncn2[C@@H]1O[C@H](COP(=O)(O)O[C@H]2[C@@H](O)[C@H](n3cnc4c(N)ncnc43)O[C@@H]2COP(=O)(O)O[C@H]2[C@@H](O)[C@H](n3cnc4c(N)ncnc43)O[C@@H]2COP(=O)(O)O[C@H]2[C@@H](O)[C@H](n3cnc4c(N)ncnc43)O[C@@H]2CO)[C@@H](OP(=O)(O)O)[C@H]1O. The van der Waals surface area contributed by atoms with Crippen molar-refractivity contribution in [1.29, 1.82) is 0 Å². The Balaban J connectivity index is 0.776. The van der Waals surface area contributed by atoms with E-state index in [0.717, 1.165) is 58.0 Å². The van der Waals surface area contributed by atoms with Crippen molar-refractivity contribution < 1.29 is 119 Å². The summed E-state index contributed by atoms with van der Waals surface area (Å²) in [5.74, 6) is -0.363. The number of nitrogens with two attached hydrogens (primary N) is 4. The zero-order valence-electron chi connectivity index (χ0n) is 44.5. The molecule has 4 aliphatic heterocycles. The van der Waals surface area contributed by atoms with Crippen LogP contribution in [-0.2, 0) is 68.9 Å². The number of anilines is 4. The molecule has 0 spiro atoms. The highest BCUT2D eigenvalue weighted by atomic mass is 31.2. The minimum atomic E-state index is -5.72. The first kappa shape index (κ1) is 62.7.